The molecule has 46 heavy (non-hydrogen) atoms. The molecule has 6 rings (SSSR count). The molecule has 1 saturated heterocycles. The first kappa shape index (κ1) is 31.9. The molecule has 3 fully saturated rings. The third-order valence-electron chi connectivity index (χ3n) is 10.1. The van der Waals surface area contributed by atoms with Gasteiger partial charge in [0, 0.05) is 25.4 Å². The molecule has 5 aliphatic rings. The van der Waals surface area contributed by atoms with Gasteiger partial charge in [0.05, 0.1) is 6.54 Å². The van der Waals surface area contributed by atoms with E-state index in [1.807, 2.05) is 36.4 Å². The molecule has 1 aromatic rings. The number of hydrogen-bond donors (Lipinski definition) is 3. The zero-order valence-electron chi connectivity index (χ0n) is 26.2. The second-order valence-electron chi connectivity index (χ2n) is 13.3. The summed E-state index contributed by atoms with van der Waals surface area (Å²) in [5, 5.41) is 15.6. The number of amides is 4. The van der Waals surface area contributed by atoms with Gasteiger partial charge in [-0.25, -0.2) is 14.4 Å². The molecule has 2 saturated carbocycles. The van der Waals surface area contributed by atoms with E-state index in [2.05, 4.69) is 10.6 Å². The Morgan fingerprint density at radius 1 is 0.957 bits per heavy atom. The van der Waals surface area contributed by atoms with Crippen LogP contribution in [0, 0.1) is 5.92 Å². The standard InChI is InChI=1S/C34H44N4O8/c39-29-28-18-26(46-33(44)37-17-16-22-10-6-7-11-23(22)20-37)21-38(28)30(40)27(35-32(43)45-25-13-8-9-14-25)15-5-3-1-2-4-12-24-19-34(24,36-29)31(41)42/h4,6-7,10-12,24-28H,1-3,5,8-9,13-21H2,(H,35,43)(H,36,39)(H,41,42)/b12-4-/t24-,26+,27-,28-,34+/m0/s1. The molecular weight excluding hydrogens is 592 g/mol. The molecule has 0 radical (unpaired) electrons. The molecule has 3 heterocycles. The molecular formula is C34H44N4O8. The number of fused-ring (bicyclic) bond motifs is 3. The number of carboxylic acids is 1. The minimum atomic E-state index is -1.44. The van der Waals surface area contributed by atoms with E-state index < -0.39 is 53.7 Å². The number of nitrogens with one attached hydrogen (secondary N) is 2. The first-order valence-corrected chi connectivity index (χ1v) is 16.8. The number of benzene rings is 1. The zero-order valence-corrected chi connectivity index (χ0v) is 26.2. The Balaban J connectivity index is 1.20. The van der Waals surface area contributed by atoms with Crippen molar-refractivity contribution in [3.05, 3.63) is 47.5 Å². The van der Waals surface area contributed by atoms with E-state index in [0.717, 1.165) is 50.5 Å². The number of ether oxygens (including phenoxy) is 2. The maximum absolute atomic E-state index is 14.2. The van der Waals surface area contributed by atoms with Crippen molar-refractivity contribution in [1.82, 2.24) is 20.4 Å². The van der Waals surface area contributed by atoms with Gasteiger partial charge < -0.3 is 35.0 Å². The van der Waals surface area contributed by atoms with Crippen LogP contribution in [0.2, 0.25) is 0 Å². The molecule has 1 aromatic carbocycles. The van der Waals surface area contributed by atoms with Crippen LogP contribution in [0.4, 0.5) is 9.59 Å². The molecule has 12 nitrogen and oxygen atoms in total. The average Bonchev–Trinajstić information content (AvgIpc) is 3.32. The van der Waals surface area contributed by atoms with E-state index in [1.54, 1.807) is 4.90 Å². The highest BCUT2D eigenvalue weighted by molar-refractivity contribution is 5.96. The second kappa shape index (κ2) is 13.7. The Labute approximate surface area is 268 Å². The molecule has 4 amide bonds. The minimum absolute atomic E-state index is 0.0170. The van der Waals surface area contributed by atoms with Gasteiger partial charge >= 0.3 is 18.2 Å². The number of alkyl carbamates (subject to hydrolysis) is 1. The van der Waals surface area contributed by atoms with Crippen molar-refractivity contribution < 1.29 is 38.6 Å². The van der Waals surface area contributed by atoms with Crippen LogP contribution in [-0.2, 0) is 36.8 Å². The summed E-state index contributed by atoms with van der Waals surface area (Å²) >= 11 is 0. The summed E-state index contributed by atoms with van der Waals surface area (Å²) in [4.78, 5) is 69.4. The lowest BCUT2D eigenvalue weighted by Gasteiger charge is -2.30. The molecule has 0 aromatic heterocycles. The van der Waals surface area contributed by atoms with Crippen LogP contribution in [0.5, 0.6) is 0 Å². The van der Waals surface area contributed by atoms with E-state index >= 15 is 0 Å². The fourth-order valence-electron chi connectivity index (χ4n) is 7.35. The summed E-state index contributed by atoms with van der Waals surface area (Å²) in [5.41, 5.74) is 0.789. The molecule has 0 spiro atoms. The Morgan fingerprint density at radius 2 is 1.72 bits per heavy atom. The van der Waals surface area contributed by atoms with Gasteiger partial charge in [-0.2, -0.15) is 0 Å². The monoisotopic (exact) mass is 636 g/mol. The number of aliphatic carboxylic acids is 1. The van der Waals surface area contributed by atoms with Crippen LogP contribution in [0.1, 0.15) is 81.8 Å². The second-order valence-corrected chi connectivity index (χ2v) is 13.3. The lowest BCUT2D eigenvalue weighted by atomic mass is 10.0. The number of rotatable bonds is 4. The van der Waals surface area contributed by atoms with Gasteiger partial charge in [0.15, 0.2) is 0 Å². The lowest BCUT2D eigenvalue weighted by Crippen LogP contribution is -2.56. The number of carbonyl (C=O) groups excluding carboxylic acids is 4. The summed E-state index contributed by atoms with van der Waals surface area (Å²) in [5.74, 6) is -2.56. The first-order chi connectivity index (χ1) is 22.2. The average molecular weight is 637 g/mol. The lowest BCUT2D eigenvalue weighted by molar-refractivity contribution is -0.145. The Hall–Kier alpha value is -4.09. The maximum atomic E-state index is 14.2. The topological polar surface area (TPSA) is 155 Å². The highest BCUT2D eigenvalue weighted by Gasteiger charge is 2.61. The summed E-state index contributed by atoms with van der Waals surface area (Å²) in [7, 11) is 0. The van der Waals surface area contributed by atoms with Gasteiger partial charge in [0.25, 0.3) is 0 Å². The fourth-order valence-corrected chi connectivity index (χ4v) is 7.35. The Kier molecular flexibility index (Phi) is 9.51. The molecule has 0 bridgehead atoms. The van der Waals surface area contributed by atoms with E-state index in [4.69, 9.17) is 9.47 Å². The normalized spacial score (nSPS) is 30.9. The van der Waals surface area contributed by atoms with E-state index in [0.29, 0.717) is 32.4 Å². The number of carboxylic acid groups (broad SMARTS) is 1. The van der Waals surface area contributed by atoms with Crippen LogP contribution in [0.25, 0.3) is 0 Å². The number of allylic oxidation sites excluding steroid dienone is 1. The van der Waals surface area contributed by atoms with Gasteiger partial charge in [-0.05, 0) is 68.9 Å². The van der Waals surface area contributed by atoms with Crippen molar-refractivity contribution in [2.45, 2.75) is 113 Å². The number of carbonyl (C=O) groups is 5. The van der Waals surface area contributed by atoms with Crippen LogP contribution < -0.4 is 10.6 Å². The SMILES string of the molecule is O=C(N[C@H]1CCCCC/C=C\[C@H]2C[C@@]2(C(=O)O)NC(=O)[C@@H]2C[C@@H](OC(=O)N3CCc4ccccc4C3)CN2C1=O)OC1CCCC1. The van der Waals surface area contributed by atoms with Crippen molar-refractivity contribution in [3.8, 4) is 0 Å². The molecule has 0 unspecified atom stereocenters. The predicted molar refractivity (Wildman–Crippen MR) is 165 cm³/mol. The zero-order chi connectivity index (χ0) is 32.3. The summed E-state index contributed by atoms with van der Waals surface area (Å²) in [6.45, 7) is 0.839. The van der Waals surface area contributed by atoms with Gasteiger partial charge in [-0.15, -0.1) is 0 Å². The van der Waals surface area contributed by atoms with Crippen LogP contribution >= 0.6 is 0 Å². The molecule has 2 aliphatic carbocycles. The fraction of sp³-hybridized carbons (Fsp3) is 0.618. The highest BCUT2D eigenvalue weighted by Crippen LogP contribution is 2.45. The summed E-state index contributed by atoms with van der Waals surface area (Å²) in [6, 6.07) is 5.91. The Morgan fingerprint density at radius 3 is 2.50 bits per heavy atom. The minimum Gasteiger partial charge on any atom is -0.479 e. The predicted octanol–water partition coefficient (Wildman–Crippen LogP) is 3.67. The summed E-state index contributed by atoms with van der Waals surface area (Å²) in [6.07, 6.45) is 9.60. The van der Waals surface area contributed by atoms with E-state index in [-0.39, 0.29) is 31.4 Å². The van der Waals surface area contributed by atoms with Crippen molar-refractivity contribution >= 4 is 30.0 Å². The van der Waals surface area contributed by atoms with E-state index in [9.17, 15) is 29.1 Å². The third kappa shape index (κ3) is 7.00. The largest absolute Gasteiger partial charge is 0.479 e. The molecule has 12 heteroatoms. The van der Waals surface area contributed by atoms with Crippen LogP contribution in [0.15, 0.2) is 36.4 Å². The van der Waals surface area contributed by atoms with Crippen LogP contribution in [0.3, 0.4) is 0 Å². The van der Waals surface area contributed by atoms with Gasteiger partial charge in [-0.3, -0.25) is 9.59 Å². The van der Waals surface area contributed by atoms with Crippen molar-refractivity contribution in [3.63, 3.8) is 0 Å². The summed E-state index contributed by atoms with van der Waals surface area (Å²) < 4.78 is 11.5. The van der Waals surface area contributed by atoms with Crippen molar-refractivity contribution in [1.29, 1.82) is 0 Å². The van der Waals surface area contributed by atoms with Crippen molar-refractivity contribution in [2.24, 2.45) is 5.92 Å². The molecule has 5 atom stereocenters. The van der Waals surface area contributed by atoms with Crippen molar-refractivity contribution in [2.75, 3.05) is 13.1 Å². The third-order valence-corrected chi connectivity index (χ3v) is 10.1. The highest BCUT2D eigenvalue weighted by atomic mass is 16.6. The molecule has 3 N–H and O–H groups in total. The number of hydrogen-bond acceptors (Lipinski definition) is 7. The van der Waals surface area contributed by atoms with Gasteiger partial charge in [0.2, 0.25) is 11.8 Å². The molecule has 3 aliphatic heterocycles. The quantitative estimate of drug-likeness (QED) is 0.423. The Bertz CT molecular complexity index is 1380. The maximum Gasteiger partial charge on any atom is 0.410 e. The smallest absolute Gasteiger partial charge is 0.410 e. The van der Waals surface area contributed by atoms with E-state index in [1.165, 1.54) is 10.5 Å². The first-order valence-electron chi connectivity index (χ1n) is 16.8. The van der Waals surface area contributed by atoms with Gasteiger partial charge in [0.1, 0.15) is 29.8 Å². The van der Waals surface area contributed by atoms with Crippen LogP contribution in [-0.4, -0.2) is 87.8 Å². The molecule has 248 valence electrons. The van der Waals surface area contributed by atoms with Gasteiger partial charge in [-0.1, -0.05) is 49.3 Å². The number of nitrogens with zero attached hydrogens (tertiary/aromatic N) is 2.